The number of halogens is 1. The van der Waals surface area contributed by atoms with Gasteiger partial charge in [-0.15, -0.1) is 0 Å². The first-order chi connectivity index (χ1) is 6.88. The van der Waals surface area contributed by atoms with E-state index in [9.17, 15) is 8.42 Å². The molecule has 0 bridgehead atoms. The van der Waals surface area contributed by atoms with Crippen molar-refractivity contribution >= 4 is 21.4 Å². The zero-order valence-corrected chi connectivity index (χ0v) is 10.0. The number of furan rings is 1. The number of sulfone groups is 1. The van der Waals surface area contributed by atoms with Gasteiger partial charge in [-0.05, 0) is 36.6 Å². The first-order valence-electron chi connectivity index (χ1n) is 4.57. The van der Waals surface area contributed by atoms with Gasteiger partial charge in [-0.3, -0.25) is 0 Å². The second-order valence-electron chi connectivity index (χ2n) is 3.52. The summed E-state index contributed by atoms with van der Waals surface area (Å²) >= 11 is 5.59. The molecular formula is C9H14ClNO3S. The molecule has 6 heteroatoms. The molecule has 0 aliphatic carbocycles. The Morgan fingerprint density at radius 1 is 1.53 bits per heavy atom. The monoisotopic (exact) mass is 251 g/mol. The summed E-state index contributed by atoms with van der Waals surface area (Å²) in [5.41, 5.74) is 5.79. The fraction of sp³-hybridized carbons (Fsp3) is 0.556. The molecule has 0 radical (unpaired) electrons. The maximum absolute atomic E-state index is 10.9. The maximum atomic E-state index is 10.9. The predicted molar refractivity (Wildman–Crippen MR) is 59.6 cm³/mol. The fourth-order valence-electron chi connectivity index (χ4n) is 1.24. The van der Waals surface area contributed by atoms with E-state index < -0.39 is 9.84 Å². The average Bonchev–Trinajstić information content (AvgIpc) is 2.49. The Balaban J connectivity index is 2.40. The van der Waals surface area contributed by atoms with Crippen molar-refractivity contribution in [3.05, 3.63) is 23.1 Å². The van der Waals surface area contributed by atoms with Crippen molar-refractivity contribution in [3.8, 4) is 0 Å². The highest BCUT2D eigenvalue weighted by molar-refractivity contribution is 7.90. The molecule has 1 atom stereocenters. The van der Waals surface area contributed by atoms with Crippen LogP contribution in [0.4, 0.5) is 0 Å². The lowest BCUT2D eigenvalue weighted by atomic mass is 10.1. The van der Waals surface area contributed by atoms with E-state index in [-0.39, 0.29) is 11.8 Å². The minimum atomic E-state index is -2.91. The topological polar surface area (TPSA) is 73.3 Å². The smallest absolute Gasteiger partial charge is 0.193 e. The van der Waals surface area contributed by atoms with E-state index in [4.69, 9.17) is 21.8 Å². The molecule has 4 nitrogen and oxygen atoms in total. The van der Waals surface area contributed by atoms with Crippen molar-refractivity contribution in [2.24, 2.45) is 5.73 Å². The summed E-state index contributed by atoms with van der Waals surface area (Å²) in [5.74, 6) is 0.739. The Hall–Kier alpha value is -0.520. The third-order valence-corrected chi connectivity index (χ3v) is 3.22. The third-order valence-electron chi connectivity index (χ3n) is 1.99. The van der Waals surface area contributed by atoms with Crippen LogP contribution in [0, 0.1) is 0 Å². The van der Waals surface area contributed by atoms with Crippen molar-refractivity contribution in [2.75, 3.05) is 12.0 Å². The van der Waals surface area contributed by atoms with Crippen LogP contribution in [0.1, 0.15) is 24.6 Å². The van der Waals surface area contributed by atoms with Gasteiger partial charge in [0.2, 0.25) is 0 Å². The van der Waals surface area contributed by atoms with Crippen molar-refractivity contribution < 1.29 is 12.8 Å². The summed E-state index contributed by atoms with van der Waals surface area (Å²) in [4.78, 5) is 0. The molecule has 1 heterocycles. The summed E-state index contributed by atoms with van der Waals surface area (Å²) in [6.07, 6.45) is 2.30. The van der Waals surface area contributed by atoms with E-state index >= 15 is 0 Å². The van der Waals surface area contributed by atoms with Gasteiger partial charge >= 0.3 is 0 Å². The highest BCUT2D eigenvalue weighted by atomic mass is 35.5. The van der Waals surface area contributed by atoms with E-state index in [0.717, 1.165) is 0 Å². The molecule has 1 aromatic heterocycles. The molecule has 0 aliphatic rings. The van der Waals surface area contributed by atoms with Crippen molar-refractivity contribution in [2.45, 2.75) is 18.9 Å². The van der Waals surface area contributed by atoms with E-state index in [0.29, 0.717) is 23.8 Å². The standard InChI is InChI=1S/C9H14ClNO3S/c1-15(12,13)6-2-3-7(11)8-4-5-9(10)14-8/h4-5,7H,2-3,6,11H2,1H3. The van der Waals surface area contributed by atoms with Crippen LogP contribution >= 0.6 is 11.6 Å². The van der Waals surface area contributed by atoms with E-state index in [1.807, 2.05) is 0 Å². The lowest BCUT2D eigenvalue weighted by Crippen LogP contribution is -2.12. The van der Waals surface area contributed by atoms with Crippen molar-refractivity contribution in [3.63, 3.8) is 0 Å². The third kappa shape index (κ3) is 4.68. The molecule has 1 unspecified atom stereocenters. The minimum absolute atomic E-state index is 0.148. The maximum Gasteiger partial charge on any atom is 0.193 e. The second kappa shape index (κ2) is 5.01. The first-order valence-corrected chi connectivity index (χ1v) is 7.01. The number of nitrogens with two attached hydrogens (primary N) is 1. The molecule has 0 spiro atoms. The molecule has 0 fully saturated rings. The zero-order chi connectivity index (χ0) is 11.5. The largest absolute Gasteiger partial charge is 0.448 e. The minimum Gasteiger partial charge on any atom is -0.448 e. The van der Waals surface area contributed by atoms with Crippen LogP contribution in [0.25, 0.3) is 0 Å². The molecule has 0 saturated heterocycles. The first kappa shape index (κ1) is 12.5. The van der Waals surface area contributed by atoms with Crippen molar-refractivity contribution in [1.82, 2.24) is 0 Å². The van der Waals surface area contributed by atoms with Gasteiger partial charge in [0.05, 0.1) is 6.04 Å². The van der Waals surface area contributed by atoms with Gasteiger partial charge in [-0.25, -0.2) is 8.42 Å². The summed E-state index contributed by atoms with van der Waals surface area (Å²) in [6, 6.07) is 3.03. The quantitative estimate of drug-likeness (QED) is 0.865. The second-order valence-corrected chi connectivity index (χ2v) is 6.15. The van der Waals surface area contributed by atoms with Crippen LogP contribution in [-0.4, -0.2) is 20.4 Å². The molecule has 0 aliphatic heterocycles. The van der Waals surface area contributed by atoms with Crippen molar-refractivity contribution in [1.29, 1.82) is 0 Å². The highest BCUT2D eigenvalue weighted by Crippen LogP contribution is 2.21. The Kier molecular flexibility index (Phi) is 4.19. The Morgan fingerprint density at radius 2 is 2.20 bits per heavy atom. The summed E-state index contributed by atoms with van der Waals surface area (Å²) < 4.78 is 26.9. The molecule has 0 aromatic carbocycles. The highest BCUT2D eigenvalue weighted by Gasteiger charge is 2.11. The molecule has 0 amide bonds. The Labute approximate surface area is 94.3 Å². The summed E-state index contributed by atoms with van der Waals surface area (Å²) in [6.45, 7) is 0. The molecule has 1 aromatic rings. The van der Waals surface area contributed by atoms with E-state index in [1.54, 1.807) is 12.1 Å². The van der Waals surface area contributed by atoms with Crippen LogP contribution in [0.2, 0.25) is 5.22 Å². The van der Waals surface area contributed by atoms with Crippen LogP contribution in [0.5, 0.6) is 0 Å². The molecule has 0 saturated carbocycles. The molecule has 1 rings (SSSR count). The number of hydrogen-bond acceptors (Lipinski definition) is 4. The SMILES string of the molecule is CS(=O)(=O)CCCC(N)c1ccc(Cl)o1. The van der Waals surface area contributed by atoms with Gasteiger partial charge in [0.25, 0.3) is 0 Å². The summed E-state index contributed by atoms with van der Waals surface area (Å²) in [5, 5.41) is 0.295. The zero-order valence-electron chi connectivity index (χ0n) is 8.44. The van der Waals surface area contributed by atoms with Gasteiger partial charge < -0.3 is 10.2 Å². The molecular weight excluding hydrogens is 238 g/mol. The Bertz CT molecular complexity index is 413. The van der Waals surface area contributed by atoms with Gasteiger partial charge in [0, 0.05) is 12.0 Å². The molecule has 2 N–H and O–H groups in total. The van der Waals surface area contributed by atoms with E-state index in [2.05, 4.69) is 0 Å². The Morgan fingerprint density at radius 3 is 2.67 bits per heavy atom. The number of hydrogen-bond donors (Lipinski definition) is 1. The van der Waals surface area contributed by atoms with Crippen LogP contribution in [0.15, 0.2) is 16.5 Å². The van der Waals surface area contributed by atoms with Crippen LogP contribution in [-0.2, 0) is 9.84 Å². The van der Waals surface area contributed by atoms with Gasteiger partial charge in [-0.1, -0.05) is 0 Å². The van der Waals surface area contributed by atoms with E-state index in [1.165, 1.54) is 6.26 Å². The lowest BCUT2D eigenvalue weighted by Gasteiger charge is -2.07. The van der Waals surface area contributed by atoms with Gasteiger partial charge in [0.15, 0.2) is 5.22 Å². The number of rotatable bonds is 5. The van der Waals surface area contributed by atoms with Gasteiger partial charge in [0.1, 0.15) is 15.6 Å². The average molecular weight is 252 g/mol. The molecule has 86 valence electrons. The fourth-order valence-corrected chi connectivity index (χ4v) is 2.08. The lowest BCUT2D eigenvalue weighted by molar-refractivity contribution is 0.451. The molecule has 15 heavy (non-hydrogen) atoms. The summed E-state index contributed by atoms with van der Waals surface area (Å²) in [7, 11) is -2.91. The predicted octanol–water partition coefficient (Wildman–Crippen LogP) is 1.76. The normalized spacial score (nSPS) is 14.1. The van der Waals surface area contributed by atoms with Crippen LogP contribution < -0.4 is 5.73 Å². The van der Waals surface area contributed by atoms with Gasteiger partial charge in [-0.2, -0.15) is 0 Å². The van der Waals surface area contributed by atoms with Crippen LogP contribution in [0.3, 0.4) is 0 Å².